The molecule has 2 heterocycles. The standard InChI is InChI=1S/C16H27N3/c1-4-9-17-16-8-7-14(11-18-16)15-6-5-10-19(15)12-13(2)3/h7-8,11,13,15H,4-6,9-10,12H2,1-3H3,(H,17,18). The first kappa shape index (κ1) is 14.3. The summed E-state index contributed by atoms with van der Waals surface area (Å²) in [6.45, 7) is 10.2. The van der Waals surface area contributed by atoms with E-state index in [1.165, 1.54) is 31.5 Å². The summed E-state index contributed by atoms with van der Waals surface area (Å²) >= 11 is 0. The van der Waals surface area contributed by atoms with Crippen LogP contribution in [-0.2, 0) is 0 Å². The molecule has 0 bridgehead atoms. The van der Waals surface area contributed by atoms with Crippen molar-refractivity contribution >= 4 is 5.82 Å². The summed E-state index contributed by atoms with van der Waals surface area (Å²) in [5, 5.41) is 3.33. The molecule has 19 heavy (non-hydrogen) atoms. The number of nitrogens with one attached hydrogen (secondary N) is 1. The van der Waals surface area contributed by atoms with Gasteiger partial charge in [-0.15, -0.1) is 0 Å². The Bertz CT molecular complexity index is 372. The number of pyridine rings is 1. The zero-order valence-corrected chi connectivity index (χ0v) is 12.5. The summed E-state index contributed by atoms with van der Waals surface area (Å²) < 4.78 is 0. The van der Waals surface area contributed by atoms with Crippen LogP contribution >= 0.6 is 0 Å². The van der Waals surface area contributed by atoms with Gasteiger partial charge in [-0.3, -0.25) is 4.90 Å². The molecule has 1 N–H and O–H groups in total. The van der Waals surface area contributed by atoms with Crippen LogP contribution in [0.1, 0.15) is 51.6 Å². The Morgan fingerprint density at radius 2 is 2.26 bits per heavy atom. The molecule has 1 saturated heterocycles. The fourth-order valence-corrected chi connectivity index (χ4v) is 2.85. The minimum absolute atomic E-state index is 0.579. The fraction of sp³-hybridized carbons (Fsp3) is 0.688. The molecule has 1 aromatic heterocycles. The van der Waals surface area contributed by atoms with Gasteiger partial charge in [-0.05, 0) is 43.4 Å². The molecule has 0 saturated carbocycles. The molecule has 1 fully saturated rings. The number of hydrogen-bond donors (Lipinski definition) is 1. The Morgan fingerprint density at radius 3 is 2.89 bits per heavy atom. The molecule has 3 nitrogen and oxygen atoms in total. The lowest BCUT2D eigenvalue weighted by Crippen LogP contribution is -2.27. The van der Waals surface area contributed by atoms with Gasteiger partial charge >= 0.3 is 0 Å². The second-order valence-electron chi connectivity index (χ2n) is 5.95. The average Bonchev–Trinajstić information content (AvgIpc) is 2.84. The Kier molecular flexibility index (Phi) is 5.20. The molecule has 1 aliphatic heterocycles. The van der Waals surface area contributed by atoms with Crippen LogP contribution in [0.4, 0.5) is 5.82 Å². The SMILES string of the molecule is CCCNc1ccc(C2CCCN2CC(C)C)cn1. The highest BCUT2D eigenvalue weighted by Crippen LogP contribution is 2.32. The summed E-state index contributed by atoms with van der Waals surface area (Å²) in [4.78, 5) is 7.15. The molecule has 106 valence electrons. The van der Waals surface area contributed by atoms with Crippen molar-refractivity contribution in [3.05, 3.63) is 23.9 Å². The molecule has 0 radical (unpaired) electrons. The van der Waals surface area contributed by atoms with E-state index in [0.29, 0.717) is 6.04 Å². The molecular weight excluding hydrogens is 234 g/mol. The van der Waals surface area contributed by atoms with Gasteiger partial charge in [0.1, 0.15) is 5.82 Å². The Hall–Kier alpha value is -1.09. The van der Waals surface area contributed by atoms with Crippen molar-refractivity contribution < 1.29 is 0 Å². The van der Waals surface area contributed by atoms with Crippen molar-refractivity contribution in [3.8, 4) is 0 Å². The first-order valence-corrected chi connectivity index (χ1v) is 7.64. The number of anilines is 1. The van der Waals surface area contributed by atoms with Crippen LogP contribution < -0.4 is 5.32 Å². The molecule has 2 rings (SSSR count). The molecule has 0 aliphatic carbocycles. The Labute approximate surface area is 117 Å². The van der Waals surface area contributed by atoms with E-state index in [1.54, 1.807) is 0 Å². The summed E-state index contributed by atoms with van der Waals surface area (Å²) in [6.07, 6.45) is 5.78. The van der Waals surface area contributed by atoms with Crippen molar-refractivity contribution in [1.29, 1.82) is 0 Å². The number of likely N-dealkylation sites (tertiary alicyclic amines) is 1. The predicted octanol–water partition coefficient (Wildman–Crippen LogP) is 3.70. The summed E-state index contributed by atoms with van der Waals surface area (Å²) in [5.74, 6) is 1.73. The van der Waals surface area contributed by atoms with Crippen molar-refractivity contribution in [3.63, 3.8) is 0 Å². The zero-order chi connectivity index (χ0) is 13.7. The fourth-order valence-electron chi connectivity index (χ4n) is 2.85. The van der Waals surface area contributed by atoms with Gasteiger partial charge in [0.15, 0.2) is 0 Å². The second-order valence-corrected chi connectivity index (χ2v) is 5.95. The number of nitrogens with zero attached hydrogens (tertiary/aromatic N) is 2. The maximum Gasteiger partial charge on any atom is 0.125 e. The third-order valence-corrected chi connectivity index (χ3v) is 3.69. The molecule has 0 spiro atoms. The quantitative estimate of drug-likeness (QED) is 0.846. The molecule has 1 aliphatic rings. The summed E-state index contributed by atoms with van der Waals surface area (Å²) in [6, 6.07) is 4.95. The van der Waals surface area contributed by atoms with Gasteiger partial charge in [-0.2, -0.15) is 0 Å². The van der Waals surface area contributed by atoms with Gasteiger partial charge in [0.05, 0.1) is 0 Å². The van der Waals surface area contributed by atoms with E-state index in [1.807, 2.05) is 0 Å². The van der Waals surface area contributed by atoms with Gasteiger partial charge in [0.2, 0.25) is 0 Å². The van der Waals surface area contributed by atoms with E-state index < -0.39 is 0 Å². The maximum atomic E-state index is 4.54. The van der Waals surface area contributed by atoms with Gasteiger partial charge in [-0.1, -0.05) is 26.8 Å². The third-order valence-electron chi connectivity index (χ3n) is 3.69. The Morgan fingerprint density at radius 1 is 1.42 bits per heavy atom. The first-order valence-electron chi connectivity index (χ1n) is 7.64. The van der Waals surface area contributed by atoms with E-state index >= 15 is 0 Å². The van der Waals surface area contributed by atoms with Gasteiger partial charge < -0.3 is 5.32 Å². The predicted molar refractivity (Wildman–Crippen MR) is 81.4 cm³/mol. The van der Waals surface area contributed by atoms with E-state index in [2.05, 4.69) is 54.3 Å². The van der Waals surface area contributed by atoms with Crippen molar-refractivity contribution in [2.75, 3.05) is 25.0 Å². The number of rotatable bonds is 6. The third kappa shape index (κ3) is 3.93. The maximum absolute atomic E-state index is 4.54. The number of aromatic nitrogens is 1. The minimum atomic E-state index is 0.579. The molecule has 3 heteroatoms. The summed E-state index contributed by atoms with van der Waals surface area (Å²) in [5.41, 5.74) is 1.38. The molecule has 0 aromatic carbocycles. The van der Waals surface area contributed by atoms with E-state index in [-0.39, 0.29) is 0 Å². The topological polar surface area (TPSA) is 28.2 Å². The highest BCUT2D eigenvalue weighted by molar-refractivity contribution is 5.36. The van der Waals surface area contributed by atoms with Gasteiger partial charge in [0, 0.05) is 25.3 Å². The van der Waals surface area contributed by atoms with Gasteiger partial charge in [0.25, 0.3) is 0 Å². The lowest BCUT2D eigenvalue weighted by Gasteiger charge is -2.26. The van der Waals surface area contributed by atoms with Crippen LogP contribution in [0.25, 0.3) is 0 Å². The zero-order valence-electron chi connectivity index (χ0n) is 12.5. The first-order chi connectivity index (χ1) is 9.20. The van der Waals surface area contributed by atoms with Crippen LogP contribution in [0, 0.1) is 5.92 Å². The number of hydrogen-bond acceptors (Lipinski definition) is 3. The average molecular weight is 261 g/mol. The van der Waals surface area contributed by atoms with Crippen LogP contribution in [-0.4, -0.2) is 29.5 Å². The highest BCUT2D eigenvalue weighted by Gasteiger charge is 2.26. The largest absolute Gasteiger partial charge is 0.370 e. The minimum Gasteiger partial charge on any atom is -0.370 e. The smallest absolute Gasteiger partial charge is 0.125 e. The Balaban J connectivity index is 2.00. The van der Waals surface area contributed by atoms with Crippen LogP contribution in [0.3, 0.4) is 0 Å². The lowest BCUT2D eigenvalue weighted by molar-refractivity contribution is 0.228. The normalized spacial score (nSPS) is 20.1. The molecule has 0 amide bonds. The summed E-state index contributed by atoms with van der Waals surface area (Å²) in [7, 11) is 0. The van der Waals surface area contributed by atoms with Crippen LogP contribution in [0.5, 0.6) is 0 Å². The highest BCUT2D eigenvalue weighted by atomic mass is 15.2. The molecular formula is C16H27N3. The van der Waals surface area contributed by atoms with E-state index in [0.717, 1.165) is 24.7 Å². The lowest BCUT2D eigenvalue weighted by atomic mass is 10.1. The van der Waals surface area contributed by atoms with Crippen LogP contribution in [0.15, 0.2) is 18.3 Å². The molecule has 1 atom stereocenters. The van der Waals surface area contributed by atoms with Crippen LogP contribution in [0.2, 0.25) is 0 Å². The van der Waals surface area contributed by atoms with Crippen molar-refractivity contribution in [1.82, 2.24) is 9.88 Å². The monoisotopic (exact) mass is 261 g/mol. The second kappa shape index (κ2) is 6.90. The van der Waals surface area contributed by atoms with Gasteiger partial charge in [-0.25, -0.2) is 4.98 Å². The molecule has 1 aromatic rings. The van der Waals surface area contributed by atoms with E-state index in [4.69, 9.17) is 0 Å². The molecule has 1 unspecified atom stereocenters. The van der Waals surface area contributed by atoms with E-state index in [9.17, 15) is 0 Å². The van der Waals surface area contributed by atoms with Crippen molar-refractivity contribution in [2.24, 2.45) is 5.92 Å². The van der Waals surface area contributed by atoms with Crippen molar-refractivity contribution in [2.45, 2.75) is 46.1 Å².